The van der Waals surface area contributed by atoms with Gasteiger partial charge in [0.2, 0.25) is 0 Å². The fourth-order valence-electron chi connectivity index (χ4n) is 0.870. The van der Waals surface area contributed by atoms with E-state index in [1.165, 1.54) is 4.80 Å². The van der Waals surface area contributed by atoms with Crippen molar-refractivity contribution in [2.45, 2.75) is 11.8 Å². The van der Waals surface area contributed by atoms with E-state index < -0.39 is 0 Å². The monoisotopic (exact) mass is 254 g/mol. The molecular formula is C10H11ClN4S. The van der Waals surface area contributed by atoms with Gasteiger partial charge in [-0.3, -0.25) is 0 Å². The maximum atomic E-state index is 5.54. The second kappa shape index (κ2) is 7.03. The molecule has 2 heterocycles. The van der Waals surface area contributed by atoms with E-state index in [9.17, 15) is 0 Å². The fourth-order valence-corrected chi connectivity index (χ4v) is 1.36. The fraction of sp³-hybridized carbons (Fsp3) is 0.100. The van der Waals surface area contributed by atoms with Crippen LogP contribution in [0.25, 0.3) is 5.82 Å². The number of halogens is 1. The van der Waals surface area contributed by atoms with Gasteiger partial charge >= 0.3 is 0 Å². The minimum absolute atomic E-state index is 0.680. The summed E-state index contributed by atoms with van der Waals surface area (Å²) < 4.78 is 0. The molecule has 0 saturated heterocycles. The van der Waals surface area contributed by atoms with Crippen LogP contribution in [0.4, 0.5) is 0 Å². The third kappa shape index (κ3) is 3.67. The average molecular weight is 255 g/mol. The lowest BCUT2D eigenvalue weighted by Crippen LogP contribution is -2.00. The number of rotatable bonds is 2. The van der Waals surface area contributed by atoms with E-state index in [4.69, 9.17) is 10.7 Å². The SMILES string of the molecule is C=CC.ClSc1ccc(-n2nccn2)nc1. The standard InChI is InChI=1S/C7H5ClN4S.C3H6/c8-13-6-1-2-7(9-5-6)12-10-3-4-11-12;1-3-2/h1-5H;3H,1H2,2H3. The van der Waals surface area contributed by atoms with Gasteiger partial charge in [0.1, 0.15) is 0 Å². The van der Waals surface area contributed by atoms with Crippen molar-refractivity contribution < 1.29 is 0 Å². The van der Waals surface area contributed by atoms with Gasteiger partial charge in [-0.05, 0) is 40.7 Å². The highest BCUT2D eigenvalue weighted by atomic mass is 35.7. The predicted octanol–water partition coefficient (Wildman–Crippen LogP) is 3.10. The molecule has 0 aliphatic rings. The van der Waals surface area contributed by atoms with Crippen LogP contribution in [0.2, 0.25) is 0 Å². The van der Waals surface area contributed by atoms with Crippen molar-refractivity contribution in [3.8, 4) is 5.82 Å². The molecule has 0 amide bonds. The molecule has 16 heavy (non-hydrogen) atoms. The Morgan fingerprint density at radius 1 is 1.38 bits per heavy atom. The first-order chi connectivity index (χ1) is 7.81. The Bertz CT molecular complexity index is 413. The predicted molar refractivity (Wildman–Crippen MR) is 66.7 cm³/mol. The van der Waals surface area contributed by atoms with Gasteiger partial charge < -0.3 is 0 Å². The molecule has 0 aliphatic carbocycles. The molecular weight excluding hydrogens is 244 g/mol. The minimum Gasteiger partial charge on any atom is -0.234 e. The van der Waals surface area contributed by atoms with Crippen molar-refractivity contribution in [1.29, 1.82) is 0 Å². The quantitative estimate of drug-likeness (QED) is 0.773. The maximum absolute atomic E-state index is 5.54. The Morgan fingerprint density at radius 2 is 2.00 bits per heavy atom. The summed E-state index contributed by atoms with van der Waals surface area (Å²) in [7, 11) is 6.68. The number of nitrogens with zero attached hydrogens (tertiary/aromatic N) is 4. The van der Waals surface area contributed by atoms with Crippen LogP contribution in [0.15, 0.2) is 48.3 Å². The smallest absolute Gasteiger partial charge is 0.174 e. The zero-order valence-corrected chi connectivity index (χ0v) is 10.3. The third-order valence-corrected chi connectivity index (χ3v) is 2.39. The molecule has 6 heteroatoms. The van der Waals surface area contributed by atoms with Crippen molar-refractivity contribution in [1.82, 2.24) is 20.0 Å². The van der Waals surface area contributed by atoms with Crippen molar-refractivity contribution in [2.24, 2.45) is 0 Å². The Kier molecular flexibility index (Phi) is 5.60. The lowest BCUT2D eigenvalue weighted by Gasteiger charge is -1.97. The van der Waals surface area contributed by atoms with Gasteiger partial charge in [-0.2, -0.15) is 10.2 Å². The van der Waals surface area contributed by atoms with E-state index in [0.717, 1.165) is 15.9 Å². The zero-order valence-electron chi connectivity index (χ0n) is 8.75. The van der Waals surface area contributed by atoms with Gasteiger partial charge in [0.25, 0.3) is 0 Å². The topological polar surface area (TPSA) is 43.6 Å². The van der Waals surface area contributed by atoms with Crippen molar-refractivity contribution in [3.05, 3.63) is 43.4 Å². The molecule has 0 atom stereocenters. The molecule has 4 nitrogen and oxygen atoms in total. The van der Waals surface area contributed by atoms with E-state index >= 15 is 0 Å². The molecule has 0 N–H and O–H groups in total. The van der Waals surface area contributed by atoms with Gasteiger partial charge in [-0.1, -0.05) is 6.08 Å². The first kappa shape index (κ1) is 12.7. The summed E-state index contributed by atoms with van der Waals surface area (Å²) in [5.41, 5.74) is 0. The van der Waals surface area contributed by atoms with Gasteiger partial charge in [-0.25, -0.2) is 4.98 Å². The molecule has 0 aliphatic heterocycles. The summed E-state index contributed by atoms with van der Waals surface area (Å²) in [5.74, 6) is 0.680. The van der Waals surface area contributed by atoms with Gasteiger partial charge in [0.05, 0.1) is 12.4 Å². The van der Waals surface area contributed by atoms with Crippen LogP contribution in [0, 0.1) is 0 Å². The second-order valence-corrected chi connectivity index (χ2v) is 3.74. The van der Waals surface area contributed by atoms with Gasteiger partial charge in [0.15, 0.2) is 5.82 Å². The summed E-state index contributed by atoms with van der Waals surface area (Å²) in [6.45, 7) is 5.25. The molecule has 0 saturated carbocycles. The summed E-state index contributed by atoms with van der Waals surface area (Å²) in [6, 6.07) is 3.67. The van der Waals surface area contributed by atoms with E-state index in [2.05, 4.69) is 21.8 Å². The van der Waals surface area contributed by atoms with Crippen molar-refractivity contribution in [3.63, 3.8) is 0 Å². The van der Waals surface area contributed by atoms with Crippen LogP contribution < -0.4 is 0 Å². The summed E-state index contributed by atoms with van der Waals surface area (Å²) in [6.07, 6.45) is 6.63. The van der Waals surface area contributed by atoms with Gasteiger partial charge in [-0.15, -0.1) is 11.4 Å². The molecule has 0 bridgehead atoms. The second-order valence-electron chi connectivity index (χ2n) is 2.66. The highest BCUT2D eigenvalue weighted by Gasteiger charge is 1.98. The highest BCUT2D eigenvalue weighted by Crippen LogP contribution is 2.20. The number of aromatic nitrogens is 4. The third-order valence-electron chi connectivity index (χ3n) is 1.43. The van der Waals surface area contributed by atoms with Crippen LogP contribution in [-0.4, -0.2) is 20.0 Å². The van der Waals surface area contributed by atoms with E-state index in [1.807, 2.05) is 19.1 Å². The Labute approximate surface area is 103 Å². The zero-order chi connectivity index (χ0) is 11.8. The first-order valence-electron chi connectivity index (χ1n) is 4.50. The lowest BCUT2D eigenvalue weighted by molar-refractivity contribution is 0.727. The minimum atomic E-state index is 0.680. The van der Waals surface area contributed by atoms with Crippen LogP contribution in [0.5, 0.6) is 0 Å². The van der Waals surface area contributed by atoms with Crippen LogP contribution >= 0.6 is 21.7 Å². The molecule has 0 radical (unpaired) electrons. The Balaban J connectivity index is 0.000000386. The molecule has 2 aromatic rings. The van der Waals surface area contributed by atoms with Crippen LogP contribution in [0.1, 0.15) is 6.92 Å². The molecule has 2 rings (SSSR count). The van der Waals surface area contributed by atoms with Crippen molar-refractivity contribution >= 4 is 21.7 Å². The van der Waals surface area contributed by atoms with Crippen LogP contribution in [0.3, 0.4) is 0 Å². The average Bonchev–Trinajstić information content (AvgIpc) is 2.84. The van der Waals surface area contributed by atoms with E-state index in [1.54, 1.807) is 24.7 Å². The molecule has 0 spiro atoms. The van der Waals surface area contributed by atoms with E-state index in [-0.39, 0.29) is 0 Å². The summed E-state index contributed by atoms with van der Waals surface area (Å²) in [4.78, 5) is 6.47. The normalized spacial score (nSPS) is 9.12. The molecule has 84 valence electrons. The molecule has 0 aromatic carbocycles. The van der Waals surface area contributed by atoms with E-state index in [0.29, 0.717) is 5.82 Å². The van der Waals surface area contributed by atoms with Crippen molar-refractivity contribution in [2.75, 3.05) is 0 Å². The molecule has 0 fully saturated rings. The lowest BCUT2D eigenvalue weighted by atomic mass is 10.5. The maximum Gasteiger partial charge on any atom is 0.174 e. The highest BCUT2D eigenvalue weighted by molar-refractivity contribution is 8.21. The molecule has 0 unspecified atom stereocenters. The van der Waals surface area contributed by atoms with Crippen LogP contribution in [-0.2, 0) is 0 Å². The van der Waals surface area contributed by atoms with Gasteiger partial charge in [0, 0.05) is 11.1 Å². The summed E-state index contributed by atoms with van der Waals surface area (Å²) >= 11 is 0. The Morgan fingerprint density at radius 3 is 2.44 bits per heavy atom. The number of hydrogen-bond acceptors (Lipinski definition) is 4. The number of allylic oxidation sites excluding steroid dienone is 1. The Hall–Kier alpha value is -1.33. The number of hydrogen-bond donors (Lipinski definition) is 0. The first-order valence-corrected chi connectivity index (χ1v) is 6.14. The molecule has 2 aromatic heterocycles. The largest absolute Gasteiger partial charge is 0.234 e. The number of pyridine rings is 1. The summed E-state index contributed by atoms with van der Waals surface area (Å²) in [5, 5.41) is 7.89.